The van der Waals surface area contributed by atoms with Gasteiger partial charge in [0.25, 0.3) is 0 Å². The van der Waals surface area contributed by atoms with E-state index in [1.165, 1.54) is 0 Å². The van der Waals surface area contributed by atoms with Crippen molar-refractivity contribution in [1.82, 2.24) is 0 Å². The lowest BCUT2D eigenvalue weighted by atomic mass is 10.1. The molecule has 1 fully saturated rings. The van der Waals surface area contributed by atoms with E-state index in [9.17, 15) is 4.79 Å². The van der Waals surface area contributed by atoms with Crippen LogP contribution in [0.3, 0.4) is 0 Å². The number of carbonyl (C=O) groups is 1. The normalized spacial score (nSPS) is 19.6. The Hall–Kier alpha value is -1.71. The van der Waals surface area contributed by atoms with Crippen molar-refractivity contribution >= 4 is 11.7 Å². The van der Waals surface area contributed by atoms with Crippen LogP contribution in [0.15, 0.2) is 12.1 Å². The molecule has 1 aliphatic heterocycles. The van der Waals surface area contributed by atoms with Gasteiger partial charge in [0.05, 0.1) is 6.61 Å². The fraction of sp³-hybridized carbons (Fsp3) is 0.417. The van der Waals surface area contributed by atoms with Crippen molar-refractivity contribution in [2.75, 3.05) is 12.3 Å². The third kappa shape index (κ3) is 1.96. The minimum absolute atomic E-state index is 0.283. The van der Waals surface area contributed by atoms with Crippen LogP contribution < -0.4 is 10.5 Å². The van der Waals surface area contributed by atoms with Crippen LogP contribution in [0, 0.1) is 13.8 Å². The van der Waals surface area contributed by atoms with Crippen LogP contribution in [0.4, 0.5) is 5.69 Å². The number of hydrogen-bond acceptors (Lipinski definition) is 4. The lowest BCUT2D eigenvalue weighted by molar-refractivity contribution is -0.143. The van der Waals surface area contributed by atoms with E-state index in [0.717, 1.165) is 16.8 Å². The van der Waals surface area contributed by atoms with Crippen LogP contribution in [0.2, 0.25) is 0 Å². The molecule has 1 atom stereocenters. The standard InChI is InChI=1S/C12H15NO3/c1-7-6-11(8(2)5-9(7)13)16-10-3-4-15-12(10)14/h5-6,10H,3-4,13H2,1-2H3. The summed E-state index contributed by atoms with van der Waals surface area (Å²) in [5, 5.41) is 0. The molecule has 0 bridgehead atoms. The Morgan fingerprint density at radius 3 is 2.75 bits per heavy atom. The summed E-state index contributed by atoms with van der Waals surface area (Å²) in [6, 6.07) is 3.71. The number of nitrogen functional groups attached to an aromatic ring is 1. The smallest absolute Gasteiger partial charge is 0.347 e. The molecule has 0 amide bonds. The highest BCUT2D eigenvalue weighted by molar-refractivity contribution is 5.77. The lowest BCUT2D eigenvalue weighted by Crippen LogP contribution is -2.22. The first-order chi connectivity index (χ1) is 7.58. The van der Waals surface area contributed by atoms with E-state index < -0.39 is 6.10 Å². The summed E-state index contributed by atoms with van der Waals surface area (Å²) in [5.41, 5.74) is 8.40. The molecule has 0 aromatic heterocycles. The highest BCUT2D eigenvalue weighted by atomic mass is 16.6. The summed E-state index contributed by atoms with van der Waals surface area (Å²) in [5.74, 6) is 0.421. The van der Waals surface area contributed by atoms with Crippen molar-refractivity contribution < 1.29 is 14.3 Å². The summed E-state index contributed by atoms with van der Waals surface area (Å²) in [6.45, 7) is 4.26. The van der Waals surface area contributed by atoms with Gasteiger partial charge in [-0.3, -0.25) is 0 Å². The van der Waals surface area contributed by atoms with Crippen LogP contribution >= 0.6 is 0 Å². The maximum atomic E-state index is 11.3. The first-order valence-corrected chi connectivity index (χ1v) is 5.28. The number of aryl methyl sites for hydroxylation is 2. The van der Waals surface area contributed by atoms with Crippen molar-refractivity contribution in [2.24, 2.45) is 0 Å². The first-order valence-electron chi connectivity index (χ1n) is 5.28. The summed E-state index contributed by atoms with van der Waals surface area (Å²) in [7, 11) is 0. The average molecular weight is 221 g/mol. The number of benzene rings is 1. The van der Waals surface area contributed by atoms with Gasteiger partial charge in [-0.2, -0.15) is 0 Å². The molecule has 1 unspecified atom stereocenters. The largest absolute Gasteiger partial charge is 0.478 e. The number of nitrogens with two attached hydrogens (primary N) is 1. The Balaban J connectivity index is 2.21. The van der Waals surface area contributed by atoms with Crippen molar-refractivity contribution in [3.8, 4) is 5.75 Å². The molecule has 1 aliphatic rings. The Morgan fingerprint density at radius 2 is 2.12 bits per heavy atom. The number of carbonyl (C=O) groups excluding carboxylic acids is 1. The molecule has 86 valence electrons. The molecular weight excluding hydrogens is 206 g/mol. The number of anilines is 1. The van der Waals surface area contributed by atoms with Crippen LogP contribution in [-0.4, -0.2) is 18.7 Å². The molecule has 0 radical (unpaired) electrons. The summed E-state index contributed by atoms with van der Waals surface area (Å²) < 4.78 is 10.5. The third-order valence-corrected chi connectivity index (χ3v) is 2.72. The quantitative estimate of drug-likeness (QED) is 0.608. The SMILES string of the molecule is Cc1cc(OC2CCOC2=O)c(C)cc1N. The highest BCUT2D eigenvalue weighted by Crippen LogP contribution is 2.26. The lowest BCUT2D eigenvalue weighted by Gasteiger charge is -2.14. The maximum Gasteiger partial charge on any atom is 0.347 e. The second-order valence-electron chi connectivity index (χ2n) is 4.04. The van der Waals surface area contributed by atoms with Gasteiger partial charge in [-0.05, 0) is 37.1 Å². The zero-order valence-electron chi connectivity index (χ0n) is 9.45. The van der Waals surface area contributed by atoms with Crippen LogP contribution in [0.25, 0.3) is 0 Å². The maximum absolute atomic E-state index is 11.3. The predicted molar refractivity (Wildman–Crippen MR) is 60.3 cm³/mol. The third-order valence-electron chi connectivity index (χ3n) is 2.72. The fourth-order valence-corrected chi connectivity index (χ4v) is 1.68. The van der Waals surface area contributed by atoms with E-state index >= 15 is 0 Å². The minimum Gasteiger partial charge on any atom is -0.478 e. The van der Waals surface area contributed by atoms with Gasteiger partial charge in [0.15, 0.2) is 6.10 Å². The Labute approximate surface area is 94.3 Å². The van der Waals surface area contributed by atoms with E-state index in [1.807, 2.05) is 26.0 Å². The van der Waals surface area contributed by atoms with Crippen LogP contribution in [0.5, 0.6) is 5.75 Å². The number of cyclic esters (lactones) is 1. The second-order valence-corrected chi connectivity index (χ2v) is 4.04. The van der Waals surface area contributed by atoms with Crippen molar-refractivity contribution in [1.29, 1.82) is 0 Å². The molecule has 2 rings (SSSR count). The second kappa shape index (κ2) is 4.04. The molecule has 0 aliphatic carbocycles. The topological polar surface area (TPSA) is 61.5 Å². The number of esters is 1. The molecule has 1 aromatic rings. The molecule has 2 N–H and O–H groups in total. The van der Waals surface area contributed by atoms with Gasteiger partial charge in [-0.1, -0.05) is 0 Å². The van der Waals surface area contributed by atoms with E-state index in [4.69, 9.17) is 15.2 Å². The fourth-order valence-electron chi connectivity index (χ4n) is 1.68. The van der Waals surface area contributed by atoms with E-state index in [-0.39, 0.29) is 5.97 Å². The molecule has 0 spiro atoms. The monoisotopic (exact) mass is 221 g/mol. The number of hydrogen-bond donors (Lipinski definition) is 1. The highest BCUT2D eigenvalue weighted by Gasteiger charge is 2.28. The van der Waals surface area contributed by atoms with Crippen molar-refractivity contribution in [3.63, 3.8) is 0 Å². The van der Waals surface area contributed by atoms with E-state index in [2.05, 4.69) is 0 Å². The van der Waals surface area contributed by atoms with Gasteiger partial charge in [-0.15, -0.1) is 0 Å². The Bertz CT molecular complexity index is 429. The van der Waals surface area contributed by atoms with Crippen LogP contribution in [-0.2, 0) is 9.53 Å². The molecule has 4 heteroatoms. The summed E-state index contributed by atoms with van der Waals surface area (Å²) >= 11 is 0. The molecule has 1 aromatic carbocycles. The Morgan fingerprint density at radius 1 is 1.38 bits per heavy atom. The molecule has 4 nitrogen and oxygen atoms in total. The van der Waals surface area contributed by atoms with Crippen molar-refractivity contribution in [3.05, 3.63) is 23.3 Å². The van der Waals surface area contributed by atoms with Gasteiger partial charge in [0, 0.05) is 12.1 Å². The van der Waals surface area contributed by atoms with Gasteiger partial charge >= 0.3 is 5.97 Å². The number of rotatable bonds is 2. The van der Waals surface area contributed by atoms with Crippen LogP contribution in [0.1, 0.15) is 17.5 Å². The van der Waals surface area contributed by atoms with Crippen molar-refractivity contribution in [2.45, 2.75) is 26.4 Å². The Kier molecular flexibility index (Phi) is 2.73. The first kappa shape index (κ1) is 10.8. The summed E-state index contributed by atoms with van der Waals surface area (Å²) in [6.07, 6.45) is 0.142. The number of ether oxygens (including phenoxy) is 2. The summed E-state index contributed by atoms with van der Waals surface area (Å²) in [4.78, 5) is 11.3. The molecule has 1 saturated heterocycles. The zero-order valence-corrected chi connectivity index (χ0v) is 9.45. The van der Waals surface area contributed by atoms with E-state index in [1.54, 1.807) is 0 Å². The predicted octanol–water partition coefficient (Wildman–Crippen LogP) is 1.58. The van der Waals surface area contributed by atoms with Gasteiger partial charge in [0.1, 0.15) is 5.75 Å². The van der Waals surface area contributed by atoms with Gasteiger partial charge in [-0.25, -0.2) is 4.79 Å². The molecule has 16 heavy (non-hydrogen) atoms. The van der Waals surface area contributed by atoms with Gasteiger partial charge in [0.2, 0.25) is 0 Å². The molecular formula is C12H15NO3. The van der Waals surface area contributed by atoms with Gasteiger partial charge < -0.3 is 15.2 Å². The minimum atomic E-state index is -0.471. The zero-order chi connectivity index (χ0) is 11.7. The van der Waals surface area contributed by atoms with E-state index in [0.29, 0.717) is 18.8 Å². The molecule has 0 saturated carbocycles. The average Bonchev–Trinajstić information content (AvgIpc) is 2.61. The molecule has 1 heterocycles.